The van der Waals surface area contributed by atoms with E-state index in [1.165, 1.54) is 58.0 Å². The highest BCUT2D eigenvalue weighted by atomic mass is 16.5. The Balaban J connectivity index is 1.97. The van der Waals surface area contributed by atoms with Gasteiger partial charge in [0.1, 0.15) is 0 Å². The molecule has 1 atom stereocenters. The Bertz CT molecular complexity index is 244. The van der Waals surface area contributed by atoms with Crippen LogP contribution in [0.3, 0.4) is 0 Å². The van der Waals surface area contributed by atoms with Gasteiger partial charge in [-0.2, -0.15) is 0 Å². The van der Waals surface area contributed by atoms with Crippen molar-refractivity contribution >= 4 is 0 Å². The van der Waals surface area contributed by atoms with Gasteiger partial charge in [-0.15, -0.1) is 0 Å². The van der Waals surface area contributed by atoms with E-state index in [-0.39, 0.29) is 0 Å². The predicted molar refractivity (Wildman–Crippen MR) is 80.5 cm³/mol. The summed E-state index contributed by atoms with van der Waals surface area (Å²) in [7, 11) is 1.86. The second kappa shape index (κ2) is 7.61. The van der Waals surface area contributed by atoms with Crippen LogP contribution in [0.2, 0.25) is 0 Å². The lowest BCUT2D eigenvalue weighted by atomic mass is 9.78. The molecule has 0 amide bonds. The maximum absolute atomic E-state index is 5.57. The molecule has 2 fully saturated rings. The number of piperidine rings is 2. The van der Waals surface area contributed by atoms with Crippen molar-refractivity contribution < 1.29 is 4.74 Å². The molecule has 2 heterocycles. The Morgan fingerprint density at radius 2 is 2.05 bits per heavy atom. The lowest BCUT2D eigenvalue weighted by Gasteiger charge is -2.45. The van der Waals surface area contributed by atoms with Crippen molar-refractivity contribution in [1.82, 2.24) is 10.2 Å². The molecular formula is C16H32N2O. The van der Waals surface area contributed by atoms with E-state index in [1.807, 2.05) is 7.11 Å². The summed E-state index contributed by atoms with van der Waals surface area (Å²) in [6.45, 7) is 8.15. The first-order chi connectivity index (χ1) is 9.29. The fraction of sp³-hybridized carbons (Fsp3) is 1.00. The van der Waals surface area contributed by atoms with Gasteiger partial charge < -0.3 is 10.1 Å². The van der Waals surface area contributed by atoms with E-state index in [9.17, 15) is 0 Å². The van der Waals surface area contributed by atoms with Crippen LogP contribution in [0.15, 0.2) is 0 Å². The molecule has 1 unspecified atom stereocenters. The highest BCUT2D eigenvalue weighted by Gasteiger charge is 2.36. The molecule has 0 aliphatic carbocycles. The minimum Gasteiger partial charge on any atom is -0.384 e. The molecule has 3 nitrogen and oxygen atoms in total. The zero-order valence-corrected chi connectivity index (χ0v) is 12.9. The molecule has 112 valence electrons. The Labute approximate surface area is 119 Å². The average molecular weight is 268 g/mol. The number of ether oxygens (including phenoxy) is 1. The molecule has 0 aromatic rings. The van der Waals surface area contributed by atoms with Crippen molar-refractivity contribution in [3.05, 3.63) is 0 Å². The summed E-state index contributed by atoms with van der Waals surface area (Å²) in [5, 5.41) is 3.50. The van der Waals surface area contributed by atoms with Crippen LogP contribution < -0.4 is 5.32 Å². The van der Waals surface area contributed by atoms with Crippen LogP contribution in [-0.2, 0) is 4.74 Å². The Hall–Kier alpha value is -0.120. The fourth-order valence-corrected chi connectivity index (χ4v) is 3.97. The molecule has 0 spiro atoms. The van der Waals surface area contributed by atoms with Crippen LogP contribution in [0.1, 0.15) is 51.9 Å². The van der Waals surface area contributed by atoms with Gasteiger partial charge in [-0.3, -0.25) is 4.90 Å². The lowest BCUT2D eigenvalue weighted by Crippen LogP contribution is -2.51. The Morgan fingerprint density at radius 1 is 1.26 bits per heavy atom. The maximum Gasteiger partial charge on any atom is 0.0531 e. The number of rotatable bonds is 6. The van der Waals surface area contributed by atoms with Crippen molar-refractivity contribution in [2.45, 2.75) is 57.9 Å². The normalized spacial score (nSPS) is 28.4. The van der Waals surface area contributed by atoms with Crippen LogP contribution in [0.25, 0.3) is 0 Å². The smallest absolute Gasteiger partial charge is 0.0531 e. The lowest BCUT2D eigenvalue weighted by molar-refractivity contribution is 0.000282. The summed E-state index contributed by atoms with van der Waals surface area (Å²) in [5.41, 5.74) is 0.406. The third kappa shape index (κ3) is 4.17. The van der Waals surface area contributed by atoms with E-state index >= 15 is 0 Å². The van der Waals surface area contributed by atoms with Crippen LogP contribution in [-0.4, -0.2) is 50.8 Å². The van der Waals surface area contributed by atoms with Crippen LogP contribution in [0.5, 0.6) is 0 Å². The molecule has 3 heteroatoms. The third-order valence-corrected chi connectivity index (χ3v) is 5.02. The van der Waals surface area contributed by atoms with E-state index in [0.717, 1.165) is 25.7 Å². The summed E-state index contributed by atoms with van der Waals surface area (Å²) in [4.78, 5) is 2.79. The Kier molecular flexibility index (Phi) is 6.11. The van der Waals surface area contributed by atoms with Gasteiger partial charge in [0.05, 0.1) is 6.61 Å². The molecule has 0 saturated carbocycles. The predicted octanol–water partition coefficient (Wildman–Crippen LogP) is 2.66. The molecule has 19 heavy (non-hydrogen) atoms. The first-order valence-corrected chi connectivity index (χ1v) is 8.23. The number of nitrogens with one attached hydrogen (secondary N) is 1. The second-order valence-electron chi connectivity index (χ2n) is 6.59. The largest absolute Gasteiger partial charge is 0.384 e. The van der Waals surface area contributed by atoms with Crippen LogP contribution in [0.4, 0.5) is 0 Å². The van der Waals surface area contributed by atoms with E-state index < -0.39 is 0 Å². The monoisotopic (exact) mass is 268 g/mol. The summed E-state index contributed by atoms with van der Waals surface area (Å²) >= 11 is 0. The molecule has 1 N–H and O–H groups in total. The fourth-order valence-electron chi connectivity index (χ4n) is 3.97. The Morgan fingerprint density at radius 3 is 2.74 bits per heavy atom. The molecule has 2 aliphatic heterocycles. The summed E-state index contributed by atoms with van der Waals surface area (Å²) < 4.78 is 5.57. The number of hydrogen-bond acceptors (Lipinski definition) is 3. The SMILES string of the molecule is CCCC1CCCCN1CC1(COC)CCNCC1. The second-order valence-corrected chi connectivity index (χ2v) is 6.59. The summed E-state index contributed by atoms with van der Waals surface area (Å²) in [6.07, 6.45) is 9.48. The van der Waals surface area contributed by atoms with Gasteiger partial charge in [-0.25, -0.2) is 0 Å². The molecule has 0 aromatic carbocycles. The van der Waals surface area contributed by atoms with Crippen molar-refractivity contribution in [3.8, 4) is 0 Å². The average Bonchev–Trinajstić information content (AvgIpc) is 2.43. The van der Waals surface area contributed by atoms with Gasteiger partial charge in [0.15, 0.2) is 0 Å². The maximum atomic E-state index is 5.57. The van der Waals surface area contributed by atoms with Gasteiger partial charge in [0.2, 0.25) is 0 Å². The third-order valence-electron chi connectivity index (χ3n) is 5.02. The van der Waals surface area contributed by atoms with Gasteiger partial charge in [0, 0.05) is 25.1 Å². The first kappa shape index (κ1) is 15.3. The number of methoxy groups -OCH3 is 1. The quantitative estimate of drug-likeness (QED) is 0.801. The zero-order chi connectivity index (χ0) is 13.6. The number of nitrogens with zero attached hydrogens (tertiary/aromatic N) is 1. The standard InChI is InChI=1S/C16H32N2O/c1-3-6-15-7-4-5-12-18(15)13-16(14-19-2)8-10-17-11-9-16/h15,17H,3-14H2,1-2H3. The zero-order valence-electron chi connectivity index (χ0n) is 12.9. The van der Waals surface area contributed by atoms with E-state index in [0.29, 0.717) is 5.41 Å². The molecule has 0 aromatic heterocycles. The van der Waals surface area contributed by atoms with Crippen molar-refractivity contribution in [1.29, 1.82) is 0 Å². The summed E-state index contributed by atoms with van der Waals surface area (Å²) in [6, 6.07) is 0.836. The van der Waals surface area contributed by atoms with Crippen molar-refractivity contribution in [2.75, 3.05) is 39.9 Å². The van der Waals surface area contributed by atoms with E-state index in [1.54, 1.807) is 0 Å². The van der Waals surface area contributed by atoms with Gasteiger partial charge >= 0.3 is 0 Å². The highest BCUT2D eigenvalue weighted by molar-refractivity contribution is 4.90. The first-order valence-electron chi connectivity index (χ1n) is 8.23. The molecule has 2 saturated heterocycles. The minimum atomic E-state index is 0.406. The van der Waals surface area contributed by atoms with Crippen molar-refractivity contribution in [3.63, 3.8) is 0 Å². The van der Waals surface area contributed by atoms with Gasteiger partial charge in [-0.1, -0.05) is 19.8 Å². The number of hydrogen-bond donors (Lipinski definition) is 1. The molecule has 0 radical (unpaired) electrons. The molecule has 2 rings (SSSR count). The van der Waals surface area contributed by atoms with Gasteiger partial charge in [0.25, 0.3) is 0 Å². The summed E-state index contributed by atoms with van der Waals surface area (Å²) in [5.74, 6) is 0. The topological polar surface area (TPSA) is 24.5 Å². The van der Waals surface area contributed by atoms with Crippen molar-refractivity contribution in [2.24, 2.45) is 5.41 Å². The molecule has 2 aliphatic rings. The van der Waals surface area contributed by atoms with E-state index in [4.69, 9.17) is 4.74 Å². The van der Waals surface area contributed by atoms with Crippen LogP contribution in [0, 0.1) is 5.41 Å². The molecular weight excluding hydrogens is 236 g/mol. The minimum absolute atomic E-state index is 0.406. The van der Waals surface area contributed by atoms with Crippen LogP contribution >= 0.6 is 0 Å². The number of likely N-dealkylation sites (tertiary alicyclic amines) is 1. The van der Waals surface area contributed by atoms with E-state index in [2.05, 4.69) is 17.1 Å². The van der Waals surface area contributed by atoms with Gasteiger partial charge in [-0.05, 0) is 51.7 Å². The molecule has 0 bridgehead atoms. The highest BCUT2D eigenvalue weighted by Crippen LogP contribution is 2.33.